The van der Waals surface area contributed by atoms with Crippen molar-refractivity contribution in [1.29, 1.82) is 0 Å². The van der Waals surface area contributed by atoms with Gasteiger partial charge in [0.05, 0.1) is 6.26 Å². The Morgan fingerprint density at radius 3 is 2.75 bits per heavy atom. The molecule has 0 saturated heterocycles. The first kappa shape index (κ1) is 17.8. The van der Waals surface area contributed by atoms with Gasteiger partial charge in [-0.1, -0.05) is 28.9 Å². The molecule has 0 aliphatic carbocycles. The van der Waals surface area contributed by atoms with Crippen molar-refractivity contribution in [2.75, 3.05) is 11.9 Å². The summed E-state index contributed by atoms with van der Waals surface area (Å²) in [6.07, 6.45) is 1.53. The minimum atomic E-state index is -0.285. The Labute approximate surface area is 164 Å². The highest BCUT2D eigenvalue weighted by Gasteiger charge is 2.13. The smallest absolute Gasteiger partial charge is 0.293 e. The number of hydrogen-bond acceptors (Lipinski definition) is 6. The summed E-state index contributed by atoms with van der Waals surface area (Å²) in [5, 5.41) is 7.28. The molecular weight excluding hydrogens is 382 g/mol. The standard InChI is InChI=1S/C20H14ClN3O4/c21-14-6-8-15(9-7-14)22-18(25)12-27-16-4-1-3-13(11-16)19-23-20(28-24-19)17-5-2-10-26-17/h1-11H,12H2,(H,22,25). The van der Waals surface area contributed by atoms with Crippen molar-refractivity contribution in [3.05, 3.63) is 71.9 Å². The molecular formula is C20H14ClN3O4. The van der Waals surface area contributed by atoms with Crippen molar-refractivity contribution in [2.45, 2.75) is 0 Å². The van der Waals surface area contributed by atoms with Crippen LogP contribution in [-0.2, 0) is 4.79 Å². The number of furan rings is 1. The summed E-state index contributed by atoms with van der Waals surface area (Å²) >= 11 is 5.83. The van der Waals surface area contributed by atoms with Gasteiger partial charge in [0.1, 0.15) is 5.75 Å². The average Bonchev–Trinajstić information content (AvgIpc) is 3.40. The number of hydrogen-bond donors (Lipinski definition) is 1. The average molecular weight is 396 g/mol. The molecule has 140 valence electrons. The van der Waals surface area contributed by atoms with E-state index in [0.29, 0.717) is 33.6 Å². The molecule has 4 rings (SSSR count). The lowest BCUT2D eigenvalue weighted by Crippen LogP contribution is -2.20. The number of rotatable bonds is 6. The third kappa shape index (κ3) is 4.21. The lowest BCUT2D eigenvalue weighted by Gasteiger charge is -2.08. The Kier molecular flexibility index (Phi) is 5.07. The maximum atomic E-state index is 12.0. The SMILES string of the molecule is O=C(COc1cccc(-c2noc(-c3ccco3)n2)c1)Nc1ccc(Cl)cc1. The van der Waals surface area contributed by atoms with Crippen LogP contribution in [-0.4, -0.2) is 22.7 Å². The maximum absolute atomic E-state index is 12.0. The number of aromatic nitrogens is 2. The fourth-order valence-electron chi connectivity index (χ4n) is 2.45. The van der Waals surface area contributed by atoms with Gasteiger partial charge in [-0.2, -0.15) is 4.98 Å². The second kappa shape index (κ2) is 7.98. The van der Waals surface area contributed by atoms with Crippen molar-refractivity contribution in [1.82, 2.24) is 10.1 Å². The molecule has 1 amide bonds. The molecule has 0 fully saturated rings. The summed E-state index contributed by atoms with van der Waals surface area (Å²) in [6, 6.07) is 17.4. The number of benzene rings is 2. The highest BCUT2D eigenvalue weighted by molar-refractivity contribution is 6.30. The maximum Gasteiger partial charge on any atom is 0.293 e. The lowest BCUT2D eigenvalue weighted by atomic mass is 10.2. The number of anilines is 1. The van der Waals surface area contributed by atoms with Crippen LogP contribution in [0.5, 0.6) is 5.75 Å². The molecule has 0 atom stereocenters. The van der Waals surface area contributed by atoms with Gasteiger partial charge in [-0.3, -0.25) is 4.79 Å². The van der Waals surface area contributed by atoms with Gasteiger partial charge in [-0.05, 0) is 48.5 Å². The molecule has 0 spiro atoms. The van der Waals surface area contributed by atoms with Gasteiger partial charge < -0.3 is 19.0 Å². The summed E-state index contributed by atoms with van der Waals surface area (Å²) in [7, 11) is 0. The van der Waals surface area contributed by atoms with Crippen LogP contribution < -0.4 is 10.1 Å². The predicted molar refractivity (Wildman–Crippen MR) is 103 cm³/mol. The molecule has 7 nitrogen and oxygen atoms in total. The van der Waals surface area contributed by atoms with E-state index in [-0.39, 0.29) is 18.4 Å². The first-order valence-electron chi connectivity index (χ1n) is 8.33. The van der Waals surface area contributed by atoms with E-state index in [0.717, 1.165) is 0 Å². The number of halogens is 1. The van der Waals surface area contributed by atoms with Crippen LogP contribution in [0.15, 0.2) is 75.9 Å². The highest BCUT2D eigenvalue weighted by Crippen LogP contribution is 2.25. The quantitative estimate of drug-likeness (QED) is 0.510. The first-order valence-corrected chi connectivity index (χ1v) is 8.71. The van der Waals surface area contributed by atoms with Crippen LogP contribution >= 0.6 is 11.6 Å². The Balaban J connectivity index is 1.40. The fraction of sp³-hybridized carbons (Fsp3) is 0.0500. The number of ether oxygens (including phenoxy) is 1. The predicted octanol–water partition coefficient (Wildman–Crippen LogP) is 4.67. The Bertz CT molecular complexity index is 1080. The van der Waals surface area contributed by atoms with E-state index in [2.05, 4.69) is 15.5 Å². The Morgan fingerprint density at radius 2 is 1.96 bits per heavy atom. The van der Waals surface area contributed by atoms with E-state index in [4.69, 9.17) is 25.3 Å². The van der Waals surface area contributed by atoms with Gasteiger partial charge in [0, 0.05) is 16.3 Å². The van der Waals surface area contributed by atoms with Crippen molar-refractivity contribution in [3.63, 3.8) is 0 Å². The third-order valence-electron chi connectivity index (χ3n) is 3.75. The molecule has 8 heteroatoms. The van der Waals surface area contributed by atoms with Crippen molar-refractivity contribution in [3.8, 4) is 28.8 Å². The van der Waals surface area contributed by atoms with Gasteiger partial charge >= 0.3 is 0 Å². The van der Waals surface area contributed by atoms with E-state index in [9.17, 15) is 4.79 Å². The zero-order valence-corrected chi connectivity index (χ0v) is 15.2. The van der Waals surface area contributed by atoms with Crippen molar-refractivity contribution in [2.24, 2.45) is 0 Å². The molecule has 0 radical (unpaired) electrons. The summed E-state index contributed by atoms with van der Waals surface area (Å²) in [4.78, 5) is 16.3. The number of nitrogens with one attached hydrogen (secondary N) is 1. The highest BCUT2D eigenvalue weighted by atomic mass is 35.5. The number of carbonyl (C=O) groups excluding carboxylic acids is 1. The van der Waals surface area contributed by atoms with Crippen LogP contribution in [0.1, 0.15) is 0 Å². The van der Waals surface area contributed by atoms with Crippen LogP contribution in [0.3, 0.4) is 0 Å². The molecule has 2 aromatic carbocycles. The Morgan fingerprint density at radius 1 is 1.11 bits per heavy atom. The van der Waals surface area contributed by atoms with Crippen LogP contribution in [0, 0.1) is 0 Å². The summed E-state index contributed by atoms with van der Waals surface area (Å²) in [5.41, 5.74) is 1.33. The van der Waals surface area contributed by atoms with Gasteiger partial charge in [0.2, 0.25) is 5.82 Å². The van der Waals surface area contributed by atoms with Gasteiger partial charge in [-0.25, -0.2) is 0 Å². The van der Waals surface area contributed by atoms with E-state index in [1.54, 1.807) is 54.6 Å². The largest absolute Gasteiger partial charge is 0.484 e. The van der Waals surface area contributed by atoms with Crippen molar-refractivity contribution < 1.29 is 18.5 Å². The summed E-state index contributed by atoms with van der Waals surface area (Å²) < 4.78 is 16.0. The molecule has 0 aliphatic heterocycles. The van der Waals surface area contributed by atoms with Gasteiger partial charge in [-0.15, -0.1) is 0 Å². The Hall–Kier alpha value is -3.58. The zero-order valence-electron chi connectivity index (χ0n) is 14.5. The molecule has 2 heterocycles. The van der Waals surface area contributed by atoms with Crippen molar-refractivity contribution >= 4 is 23.2 Å². The monoisotopic (exact) mass is 395 g/mol. The molecule has 0 bridgehead atoms. The minimum Gasteiger partial charge on any atom is -0.484 e. The molecule has 2 aromatic heterocycles. The minimum absolute atomic E-state index is 0.143. The van der Waals surface area contributed by atoms with Crippen LogP contribution in [0.2, 0.25) is 5.02 Å². The van der Waals surface area contributed by atoms with E-state index >= 15 is 0 Å². The molecule has 4 aromatic rings. The number of nitrogens with zero attached hydrogens (tertiary/aromatic N) is 2. The topological polar surface area (TPSA) is 90.4 Å². The van der Waals surface area contributed by atoms with Gasteiger partial charge in [0.25, 0.3) is 11.8 Å². The van der Waals surface area contributed by atoms with E-state index in [1.807, 2.05) is 6.07 Å². The molecule has 0 unspecified atom stereocenters. The number of carbonyl (C=O) groups is 1. The molecule has 28 heavy (non-hydrogen) atoms. The first-order chi connectivity index (χ1) is 13.7. The lowest BCUT2D eigenvalue weighted by molar-refractivity contribution is -0.118. The second-order valence-corrected chi connectivity index (χ2v) is 6.21. The molecule has 1 N–H and O–H groups in total. The van der Waals surface area contributed by atoms with Crippen LogP contribution in [0.25, 0.3) is 23.0 Å². The molecule has 0 saturated carbocycles. The summed E-state index contributed by atoms with van der Waals surface area (Å²) in [5.74, 6) is 1.39. The number of amides is 1. The normalized spacial score (nSPS) is 10.6. The van der Waals surface area contributed by atoms with Gasteiger partial charge in [0.15, 0.2) is 12.4 Å². The van der Waals surface area contributed by atoms with Crippen LogP contribution in [0.4, 0.5) is 5.69 Å². The summed E-state index contributed by atoms with van der Waals surface area (Å²) in [6.45, 7) is -0.143. The third-order valence-corrected chi connectivity index (χ3v) is 4.00. The molecule has 0 aliphatic rings. The second-order valence-electron chi connectivity index (χ2n) is 5.77. The van der Waals surface area contributed by atoms with E-state index < -0.39 is 0 Å². The fourth-order valence-corrected chi connectivity index (χ4v) is 2.57. The van der Waals surface area contributed by atoms with E-state index in [1.165, 1.54) is 6.26 Å². The zero-order chi connectivity index (χ0) is 19.3.